The molecule has 1 saturated heterocycles. The second-order valence-corrected chi connectivity index (χ2v) is 8.11. The minimum Gasteiger partial charge on any atom is -0.481 e. The third-order valence-electron chi connectivity index (χ3n) is 3.96. The van der Waals surface area contributed by atoms with E-state index in [4.69, 9.17) is 5.11 Å². The molecule has 2 amide bonds. The molecule has 21 heavy (non-hydrogen) atoms. The Balaban J connectivity index is 1.84. The Morgan fingerprint density at radius 3 is 2.62 bits per heavy atom. The highest BCUT2D eigenvalue weighted by Crippen LogP contribution is 2.33. The summed E-state index contributed by atoms with van der Waals surface area (Å²) in [5.74, 6) is -0.654. The van der Waals surface area contributed by atoms with Crippen molar-refractivity contribution in [1.29, 1.82) is 0 Å². The van der Waals surface area contributed by atoms with E-state index in [9.17, 15) is 18.0 Å². The fourth-order valence-electron chi connectivity index (χ4n) is 2.62. The number of aliphatic carboxylic acids is 1. The molecule has 1 aliphatic carbocycles. The maximum Gasteiger partial charge on any atom is 0.317 e. The normalized spacial score (nSPS) is 24.6. The van der Waals surface area contributed by atoms with Crippen molar-refractivity contribution in [2.75, 3.05) is 24.6 Å². The van der Waals surface area contributed by atoms with Crippen molar-refractivity contribution in [2.24, 2.45) is 5.92 Å². The third-order valence-corrected chi connectivity index (χ3v) is 5.66. The summed E-state index contributed by atoms with van der Waals surface area (Å²) in [6.45, 7) is 0.618. The lowest BCUT2D eigenvalue weighted by Gasteiger charge is -2.34. The number of nitrogens with zero attached hydrogens (tertiary/aromatic N) is 1. The fourth-order valence-corrected chi connectivity index (χ4v) is 4.14. The molecule has 7 nitrogen and oxygen atoms in total. The van der Waals surface area contributed by atoms with Gasteiger partial charge in [-0.25, -0.2) is 13.2 Å². The minimum absolute atomic E-state index is 0.0642. The van der Waals surface area contributed by atoms with Crippen molar-refractivity contribution in [2.45, 2.75) is 38.1 Å². The predicted octanol–water partition coefficient (Wildman–Crippen LogP) is 0.460. The molecule has 0 bridgehead atoms. The van der Waals surface area contributed by atoms with E-state index in [1.807, 2.05) is 0 Å². The predicted molar refractivity (Wildman–Crippen MR) is 76.8 cm³/mol. The van der Waals surface area contributed by atoms with E-state index in [2.05, 4.69) is 5.32 Å². The Hall–Kier alpha value is -1.31. The molecule has 8 heteroatoms. The maximum atomic E-state index is 12.1. The number of carbonyl (C=O) groups is 2. The van der Waals surface area contributed by atoms with Gasteiger partial charge in [-0.15, -0.1) is 0 Å². The summed E-state index contributed by atoms with van der Waals surface area (Å²) in [4.78, 5) is 24.3. The van der Waals surface area contributed by atoms with Crippen LogP contribution in [0.5, 0.6) is 0 Å². The highest BCUT2D eigenvalue weighted by Gasteiger charge is 2.35. The number of hydrogen-bond donors (Lipinski definition) is 2. The van der Waals surface area contributed by atoms with E-state index in [0.717, 1.165) is 18.8 Å². The van der Waals surface area contributed by atoms with Gasteiger partial charge in [0.2, 0.25) is 0 Å². The number of urea groups is 1. The van der Waals surface area contributed by atoms with Gasteiger partial charge in [-0.2, -0.15) is 0 Å². The Morgan fingerprint density at radius 2 is 2.00 bits per heavy atom. The highest BCUT2D eigenvalue weighted by molar-refractivity contribution is 7.91. The summed E-state index contributed by atoms with van der Waals surface area (Å²) in [7, 11) is -3.26. The van der Waals surface area contributed by atoms with Gasteiger partial charge < -0.3 is 15.3 Å². The second-order valence-electron chi connectivity index (χ2n) is 5.88. The van der Waals surface area contributed by atoms with Gasteiger partial charge in [0.05, 0.1) is 24.0 Å². The van der Waals surface area contributed by atoms with Crippen LogP contribution in [0.25, 0.3) is 0 Å². The summed E-state index contributed by atoms with van der Waals surface area (Å²) in [6.07, 6.45) is 4.23. The molecule has 1 aliphatic heterocycles. The zero-order valence-electron chi connectivity index (χ0n) is 12.0. The van der Waals surface area contributed by atoms with Crippen molar-refractivity contribution in [3.8, 4) is 0 Å². The molecule has 0 spiro atoms. The van der Waals surface area contributed by atoms with Crippen LogP contribution in [0.3, 0.4) is 0 Å². The van der Waals surface area contributed by atoms with Crippen LogP contribution in [0.15, 0.2) is 0 Å². The molecule has 1 saturated carbocycles. The van der Waals surface area contributed by atoms with E-state index in [1.165, 1.54) is 17.7 Å². The molecule has 1 heterocycles. The molecule has 2 rings (SSSR count). The Bertz CT molecular complexity index is 501. The number of carbonyl (C=O) groups excluding carboxylic acids is 1. The van der Waals surface area contributed by atoms with Crippen LogP contribution < -0.4 is 5.32 Å². The lowest BCUT2D eigenvalue weighted by atomic mass is 10.2. The van der Waals surface area contributed by atoms with Crippen LogP contribution in [-0.4, -0.2) is 61.1 Å². The van der Waals surface area contributed by atoms with E-state index in [1.54, 1.807) is 0 Å². The first kappa shape index (κ1) is 16.1. The first-order valence-corrected chi connectivity index (χ1v) is 9.16. The topological polar surface area (TPSA) is 104 Å². The van der Waals surface area contributed by atoms with Crippen molar-refractivity contribution in [3.05, 3.63) is 0 Å². The Morgan fingerprint density at radius 1 is 1.29 bits per heavy atom. The summed E-state index contributed by atoms with van der Waals surface area (Å²) in [5.41, 5.74) is 0. The van der Waals surface area contributed by atoms with E-state index < -0.39 is 21.8 Å². The summed E-state index contributed by atoms with van der Waals surface area (Å²) in [5, 5.41) is 11.6. The lowest BCUT2D eigenvalue weighted by molar-refractivity contribution is -0.138. The monoisotopic (exact) mass is 318 g/mol. The van der Waals surface area contributed by atoms with Crippen molar-refractivity contribution in [3.63, 3.8) is 0 Å². The Kier molecular flexibility index (Phi) is 5.08. The van der Waals surface area contributed by atoms with Gasteiger partial charge in [0.25, 0.3) is 0 Å². The van der Waals surface area contributed by atoms with E-state index in [-0.39, 0.29) is 30.5 Å². The van der Waals surface area contributed by atoms with E-state index in [0.29, 0.717) is 6.54 Å². The van der Waals surface area contributed by atoms with Gasteiger partial charge in [-0.05, 0) is 18.8 Å². The molecule has 0 aromatic carbocycles. The standard InChI is InChI=1S/C13H22N2O5S/c16-12(17)8-11-9-21(19,20)7-6-15(11)13(18)14-5-1-2-10-3-4-10/h10-11H,1-9H2,(H,14,18)(H,16,17). The van der Waals surface area contributed by atoms with Gasteiger partial charge in [0.15, 0.2) is 9.84 Å². The smallest absolute Gasteiger partial charge is 0.317 e. The Labute approximate surface area is 124 Å². The summed E-state index contributed by atoms with van der Waals surface area (Å²) < 4.78 is 23.2. The molecule has 2 aliphatic rings. The first-order valence-electron chi connectivity index (χ1n) is 7.34. The summed E-state index contributed by atoms with van der Waals surface area (Å²) in [6, 6.07) is -1.13. The molecule has 2 fully saturated rings. The summed E-state index contributed by atoms with van der Waals surface area (Å²) >= 11 is 0. The molecule has 120 valence electrons. The first-order chi connectivity index (χ1) is 9.87. The quantitative estimate of drug-likeness (QED) is 0.692. The molecule has 0 radical (unpaired) electrons. The van der Waals surface area contributed by atoms with Gasteiger partial charge in [0, 0.05) is 13.1 Å². The van der Waals surface area contributed by atoms with Crippen LogP contribution in [0, 0.1) is 5.92 Å². The highest BCUT2D eigenvalue weighted by atomic mass is 32.2. The zero-order chi connectivity index (χ0) is 15.5. The van der Waals surface area contributed by atoms with Crippen LogP contribution in [-0.2, 0) is 14.6 Å². The van der Waals surface area contributed by atoms with Crippen LogP contribution in [0.4, 0.5) is 4.79 Å². The number of nitrogens with one attached hydrogen (secondary N) is 1. The largest absolute Gasteiger partial charge is 0.481 e. The van der Waals surface area contributed by atoms with Crippen molar-refractivity contribution in [1.82, 2.24) is 10.2 Å². The number of carboxylic acids is 1. The van der Waals surface area contributed by atoms with Crippen molar-refractivity contribution >= 4 is 21.8 Å². The average molecular weight is 318 g/mol. The number of amides is 2. The third kappa shape index (κ3) is 5.18. The molecule has 1 atom stereocenters. The SMILES string of the molecule is O=C(O)CC1CS(=O)(=O)CCN1C(=O)NCCCC1CC1. The van der Waals surface area contributed by atoms with Gasteiger partial charge in [0.1, 0.15) is 0 Å². The lowest BCUT2D eigenvalue weighted by Crippen LogP contribution is -2.55. The van der Waals surface area contributed by atoms with Gasteiger partial charge in [-0.1, -0.05) is 12.8 Å². The van der Waals surface area contributed by atoms with Crippen LogP contribution in [0.1, 0.15) is 32.1 Å². The average Bonchev–Trinajstić information content (AvgIpc) is 3.16. The van der Waals surface area contributed by atoms with Crippen LogP contribution >= 0.6 is 0 Å². The molecule has 2 N–H and O–H groups in total. The fraction of sp³-hybridized carbons (Fsp3) is 0.846. The second kappa shape index (κ2) is 6.64. The van der Waals surface area contributed by atoms with Crippen LogP contribution in [0.2, 0.25) is 0 Å². The molecular formula is C13H22N2O5S. The number of sulfone groups is 1. The van der Waals surface area contributed by atoms with Gasteiger partial charge >= 0.3 is 12.0 Å². The van der Waals surface area contributed by atoms with Gasteiger partial charge in [-0.3, -0.25) is 4.79 Å². The molecule has 1 unspecified atom stereocenters. The maximum absolute atomic E-state index is 12.1. The zero-order valence-corrected chi connectivity index (χ0v) is 12.8. The van der Waals surface area contributed by atoms with Crippen molar-refractivity contribution < 1.29 is 23.1 Å². The molecular weight excluding hydrogens is 296 g/mol. The van der Waals surface area contributed by atoms with E-state index >= 15 is 0 Å². The number of rotatable bonds is 6. The number of carboxylic acid groups (broad SMARTS) is 1. The minimum atomic E-state index is -3.26. The molecule has 0 aromatic heterocycles. The molecule has 0 aromatic rings. The number of hydrogen-bond acceptors (Lipinski definition) is 4.